The Bertz CT molecular complexity index is 500. The molecule has 100 valence electrons. The highest BCUT2D eigenvalue weighted by Crippen LogP contribution is 2.25. The Morgan fingerprint density at radius 2 is 1.89 bits per heavy atom. The first-order valence-electron chi connectivity index (χ1n) is 6.49. The largest absolute Gasteiger partial charge is 0.358 e. The quantitative estimate of drug-likeness (QED) is 0.892. The normalized spacial score (nSPS) is 10.6. The molecule has 0 atom stereocenters. The average molecular weight is 311 g/mol. The van der Waals surface area contributed by atoms with Gasteiger partial charge < -0.3 is 9.88 Å². The fraction of sp³-hybridized carbons (Fsp3) is 0.467. The third-order valence-corrected chi connectivity index (χ3v) is 3.38. The number of nitrogens with zero attached hydrogens (tertiary/aromatic N) is 1. The van der Waals surface area contributed by atoms with Crippen LogP contribution in [0.1, 0.15) is 25.1 Å². The van der Waals surface area contributed by atoms with Gasteiger partial charge in [-0.05, 0) is 45.1 Å². The number of hydrogen-bond donors (Lipinski definition) is 1. The number of benzene rings is 1. The molecular formula is C15H23BrN2. The Balaban J connectivity index is 0.000000771. The molecule has 1 aromatic carbocycles. The van der Waals surface area contributed by atoms with Crippen LogP contribution in [-0.4, -0.2) is 30.5 Å². The Morgan fingerprint density at radius 3 is 2.50 bits per heavy atom. The van der Waals surface area contributed by atoms with E-state index in [1.807, 2.05) is 13.8 Å². The van der Waals surface area contributed by atoms with Gasteiger partial charge in [0.05, 0.1) is 0 Å². The lowest BCUT2D eigenvalue weighted by atomic mass is 10.1. The Labute approximate surface area is 119 Å². The van der Waals surface area contributed by atoms with Crippen LogP contribution < -0.4 is 0 Å². The third kappa shape index (κ3) is 3.59. The van der Waals surface area contributed by atoms with E-state index in [4.69, 9.17) is 0 Å². The molecule has 0 aliphatic rings. The molecule has 2 rings (SSSR count). The van der Waals surface area contributed by atoms with Crippen LogP contribution in [0.25, 0.3) is 10.9 Å². The van der Waals surface area contributed by atoms with Gasteiger partial charge in [-0.2, -0.15) is 0 Å². The zero-order chi connectivity index (χ0) is 13.7. The first-order valence-corrected chi connectivity index (χ1v) is 7.28. The number of aromatic amines is 1. The van der Waals surface area contributed by atoms with E-state index in [-0.39, 0.29) is 0 Å². The summed E-state index contributed by atoms with van der Waals surface area (Å²) < 4.78 is 1.13. The molecule has 1 heterocycles. The second-order valence-electron chi connectivity index (χ2n) is 4.47. The second-order valence-corrected chi connectivity index (χ2v) is 5.39. The van der Waals surface area contributed by atoms with E-state index in [0.717, 1.165) is 17.4 Å². The van der Waals surface area contributed by atoms with Crippen LogP contribution in [0.2, 0.25) is 0 Å². The Morgan fingerprint density at radius 1 is 1.22 bits per heavy atom. The molecule has 0 spiro atoms. The minimum absolute atomic E-state index is 1.09. The second kappa shape index (κ2) is 6.95. The van der Waals surface area contributed by atoms with Gasteiger partial charge in [-0.1, -0.05) is 35.8 Å². The average Bonchev–Trinajstić information content (AvgIpc) is 2.64. The van der Waals surface area contributed by atoms with Gasteiger partial charge in [0, 0.05) is 27.6 Å². The fourth-order valence-corrected chi connectivity index (χ4v) is 2.38. The molecule has 0 saturated carbocycles. The van der Waals surface area contributed by atoms with Crippen molar-refractivity contribution in [3.63, 3.8) is 0 Å². The highest BCUT2D eigenvalue weighted by Gasteiger charge is 2.08. The monoisotopic (exact) mass is 310 g/mol. The lowest BCUT2D eigenvalue weighted by Gasteiger charge is -2.09. The molecule has 0 radical (unpaired) electrons. The lowest BCUT2D eigenvalue weighted by molar-refractivity contribution is 0.414. The molecule has 1 aromatic heterocycles. The predicted octanol–water partition coefficient (Wildman–Crippen LogP) is 4.37. The lowest BCUT2D eigenvalue weighted by Crippen LogP contribution is -2.15. The van der Waals surface area contributed by atoms with Crippen LogP contribution in [0.4, 0.5) is 0 Å². The summed E-state index contributed by atoms with van der Waals surface area (Å²) in [6.07, 6.45) is 1.10. The van der Waals surface area contributed by atoms with E-state index in [2.05, 4.69) is 65.0 Å². The van der Waals surface area contributed by atoms with Crippen molar-refractivity contribution >= 4 is 26.8 Å². The van der Waals surface area contributed by atoms with E-state index in [9.17, 15) is 0 Å². The van der Waals surface area contributed by atoms with Crippen LogP contribution >= 0.6 is 15.9 Å². The van der Waals surface area contributed by atoms with Gasteiger partial charge in [-0.15, -0.1) is 0 Å². The number of rotatable bonds is 3. The van der Waals surface area contributed by atoms with E-state index < -0.39 is 0 Å². The van der Waals surface area contributed by atoms with Gasteiger partial charge in [0.1, 0.15) is 0 Å². The fourth-order valence-electron chi connectivity index (χ4n) is 2.02. The summed E-state index contributed by atoms with van der Waals surface area (Å²) in [4.78, 5) is 5.66. The highest BCUT2D eigenvalue weighted by molar-refractivity contribution is 9.10. The number of likely N-dealkylation sites (N-methyl/N-ethyl adjacent to an activating group) is 1. The minimum atomic E-state index is 1.09. The van der Waals surface area contributed by atoms with Crippen molar-refractivity contribution in [2.45, 2.75) is 27.2 Å². The number of nitrogens with one attached hydrogen (secondary N) is 1. The van der Waals surface area contributed by atoms with Crippen molar-refractivity contribution < 1.29 is 0 Å². The molecule has 0 saturated heterocycles. The summed E-state index contributed by atoms with van der Waals surface area (Å²) in [5.74, 6) is 0. The first kappa shape index (κ1) is 15.3. The maximum atomic E-state index is 3.50. The number of fused-ring (bicyclic) bond motifs is 1. The molecule has 0 aliphatic carbocycles. The highest BCUT2D eigenvalue weighted by atomic mass is 79.9. The van der Waals surface area contributed by atoms with Crippen molar-refractivity contribution in [3.8, 4) is 0 Å². The maximum Gasteiger partial charge on any atom is 0.0470 e. The molecule has 0 amide bonds. The summed E-state index contributed by atoms with van der Waals surface area (Å²) in [6, 6.07) is 6.43. The number of aromatic nitrogens is 1. The van der Waals surface area contributed by atoms with Crippen molar-refractivity contribution in [1.82, 2.24) is 9.88 Å². The zero-order valence-electron chi connectivity index (χ0n) is 12.0. The van der Waals surface area contributed by atoms with E-state index in [1.54, 1.807) is 0 Å². The number of hydrogen-bond acceptors (Lipinski definition) is 1. The summed E-state index contributed by atoms with van der Waals surface area (Å²) in [7, 11) is 4.22. The van der Waals surface area contributed by atoms with Gasteiger partial charge in [-0.25, -0.2) is 0 Å². The molecule has 0 fully saturated rings. The SMILES string of the molecule is CC.Cc1[nH]c2cc(Br)ccc2c1CCN(C)C. The summed E-state index contributed by atoms with van der Waals surface area (Å²) >= 11 is 3.50. The molecule has 0 unspecified atom stereocenters. The summed E-state index contributed by atoms with van der Waals surface area (Å²) in [5, 5.41) is 1.35. The van der Waals surface area contributed by atoms with Crippen molar-refractivity contribution in [2.24, 2.45) is 0 Å². The van der Waals surface area contributed by atoms with Crippen LogP contribution in [-0.2, 0) is 6.42 Å². The van der Waals surface area contributed by atoms with E-state index in [1.165, 1.54) is 22.2 Å². The minimum Gasteiger partial charge on any atom is -0.358 e. The van der Waals surface area contributed by atoms with E-state index in [0.29, 0.717) is 0 Å². The van der Waals surface area contributed by atoms with Gasteiger partial charge >= 0.3 is 0 Å². The Kier molecular flexibility index (Phi) is 5.89. The molecule has 3 heteroatoms. The van der Waals surface area contributed by atoms with Crippen molar-refractivity contribution in [1.29, 1.82) is 0 Å². The molecule has 2 nitrogen and oxygen atoms in total. The van der Waals surface area contributed by atoms with Gasteiger partial charge in [-0.3, -0.25) is 0 Å². The predicted molar refractivity (Wildman–Crippen MR) is 84.3 cm³/mol. The molecule has 1 N–H and O–H groups in total. The first-order chi connectivity index (χ1) is 8.58. The maximum absolute atomic E-state index is 3.50. The van der Waals surface area contributed by atoms with Gasteiger partial charge in [0.25, 0.3) is 0 Å². The van der Waals surface area contributed by atoms with Crippen molar-refractivity contribution in [2.75, 3.05) is 20.6 Å². The summed E-state index contributed by atoms with van der Waals surface area (Å²) in [5.41, 5.74) is 3.95. The van der Waals surface area contributed by atoms with Crippen LogP contribution in [0, 0.1) is 6.92 Å². The topological polar surface area (TPSA) is 19.0 Å². The van der Waals surface area contributed by atoms with Crippen LogP contribution in [0.15, 0.2) is 22.7 Å². The molecule has 0 bridgehead atoms. The Hall–Kier alpha value is -0.800. The number of halogens is 1. The molecule has 18 heavy (non-hydrogen) atoms. The zero-order valence-corrected chi connectivity index (χ0v) is 13.6. The van der Waals surface area contributed by atoms with Gasteiger partial charge in [0.15, 0.2) is 0 Å². The summed E-state index contributed by atoms with van der Waals surface area (Å²) in [6.45, 7) is 7.24. The number of aryl methyl sites for hydroxylation is 1. The van der Waals surface area contributed by atoms with Crippen molar-refractivity contribution in [3.05, 3.63) is 33.9 Å². The van der Waals surface area contributed by atoms with Gasteiger partial charge in [0.2, 0.25) is 0 Å². The standard InChI is InChI=1S/C13H17BrN2.C2H6/c1-9-11(6-7-16(2)3)12-5-4-10(14)8-13(12)15-9;1-2/h4-5,8,15H,6-7H2,1-3H3;1-2H3. The molecule has 2 aromatic rings. The third-order valence-electron chi connectivity index (χ3n) is 2.89. The number of H-pyrrole nitrogens is 1. The van der Waals surface area contributed by atoms with Crippen LogP contribution in [0.5, 0.6) is 0 Å². The van der Waals surface area contributed by atoms with E-state index >= 15 is 0 Å². The molecule has 0 aliphatic heterocycles. The molecular weight excluding hydrogens is 288 g/mol. The van der Waals surface area contributed by atoms with Crippen LogP contribution in [0.3, 0.4) is 0 Å². The smallest absolute Gasteiger partial charge is 0.0470 e.